The van der Waals surface area contributed by atoms with Gasteiger partial charge < -0.3 is 10.2 Å². The molecule has 3 nitrogen and oxygen atoms in total. The molecule has 1 N–H and O–H groups in total. The van der Waals surface area contributed by atoms with Crippen molar-refractivity contribution in [3.63, 3.8) is 0 Å². The Balaban J connectivity index is 1.92. The first-order chi connectivity index (χ1) is 9.20. The molecule has 0 bridgehead atoms. The van der Waals surface area contributed by atoms with Crippen LogP contribution < -0.4 is 10.2 Å². The van der Waals surface area contributed by atoms with Gasteiger partial charge in [0.15, 0.2) is 0 Å². The van der Waals surface area contributed by atoms with Gasteiger partial charge in [-0.25, -0.2) is 0 Å². The molecule has 1 saturated heterocycles. The van der Waals surface area contributed by atoms with Gasteiger partial charge in [0.2, 0.25) is 5.91 Å². The van der Waals surface area contributed by atoms with Crippen molar-refractivity contribution in [1.82, 2.24) is 5.32 Å². The van der Waals surface area contributed by atoms with E-state index in [1.165, 1.54) is 18.4 Å². The predicted octanol–water partition coefficient (Wildman–Crippen LogP) is 2.88. The summed E-state index contributed by atoms with van der Waals surface area (Å²) in [6.45, 7) is 5.94. The molecule has 1 amide bonds. The van der Waals surface area contributed by atoms with Crippen LogP contribution in [0.2, 0.25) is 0 Å². The number of carbonyl (C=O) groups is 1. The molecule has 2 rings (SSSR count). The highest BCUT2D eigenvalue weighted by Gasteiger charge is 2.18. The van der Waals surface area contributed by atoms with Crippen LogP contribution in [0.4, 0.5) is 5.69 Å². The molecule has 104 valence electrons. The molecule has 0 aliphatic carbocycles. The molecule has 1 fully saturated rings. The lowest BCUT2D eigenvalue weighted by molar-refractivity contribution is -0.118. The Morgan fingerprint density at radius 1 is 1.37 bits per heavy atom. The zero-order chi connectivity index (χ0) is 13.7. The van der Waals surface area contributed by atoms with Crippen molar-refractivity contribution in [3.05, 3.63) is 29.8 Å². The third-order valence-electron chi connectivity index (χ3n) is 3.83. The lowest BCUT2D eigenvalue weighted by Crippen LogP contribution is -2.32. The fourth-order valence-corrected chi connectivity index (χ4v) is 2.66. The Hall–Kier alpha value is -1.35. The topological polar surface area (TPSA) is 32.3 Å². The van der Waals surface area contributed by atoms with Crippen molar-refractivity contribution in [3.8, 4) is 0 Å². The fourth-order valence-electron chi connectivity index (χ4n) is 2.66. The van der Waals surface area contributed by atoms with Crippen LogP contribution in [0.5, 0.6) is 0 Å². The van der Waals surface area contributed by atoms with E-state index in [0.29, 0.717) is 12.5 Å². The van der Waals surface area contributed by atoms with Crippen molar-refractivity contribution < 1.29 is 4.79 Å². The Morgan fingerprint density at radius 3 is 2.68 bits per heavy atom. The average Bonchev–Trinajstić information content (AvgIpc) is 2.92. The highest BCUT2D eigenvalue weighted by Crippen LogP contribution is 2.18. The Labute approximate surface area is 116 Å². The van der Waals surface area contributed by atoms with E-state index >= 15 is 0 Å². The molecule has 1 aromatic carbocycles. The summed E-state index contributed by atoms with van der Waals surface area (Å²) in [6.07, 6.45) is 4.05. The number of rotatable bonds is 5. The summed E-state index contributed by atoms with van der Waals surface area (Å²) in [5.74, 6) is 0.236. The van der Waals surface area contributed by atoms with Crippen molar-refractivity contribution in [2.24, 2.45) is 0 Å². The van der Waals surface area contributed by atoms with Crippen molar-refractivity contribution in [2.75, 3.05) is 18.0 Å². The molecule has 1 aliphatic heterocycles. The maximum absolute atomic E-state index is 12.3. The molecule has 1 aliphatic rings. The SMILES string of the molecule is CCN(C(=O)CCC1CCCN1)c1ccc(C)cc1. The van der Waals surface area contributed by atoms with Gasteiger partial charge in [0.25, 0.3) is 0 Å². The van der Waals surface area contributed by atoms with E-state index in [1.807, 2.05) is 24.0 Å². The minimum Gasteiger partial charge on any atom is -0.314 e. The quantitative estimate of drug-likeness (QED) is 0.883. The highest BCUT2D eigenvalue weighted by molar-refractivity contribution is 5.93. The largest absolute Gasteiger partial charge is 0.314 e. The first-order valence-electron chi connectivity index (χ1n) is 7.31. The van der Waals surface area contributed by atoms with Gasteiger partial charge in [-0.05, 0) is 51.8 Å². The van der Waals surface area contributed by atoms with E-state index in [1.54, 1.807) is 0 Å². The van der Waals surface area contributed by atoms with E-state index in [0.717, 1.165) is 25.2 Å². The maximum Gasteiger partial charge on any atom is 0.227 e. The summed E-state index contributed by atoms with van der Waals surface area (Å²) < 4.78 is 0. The van der Waals surface area contributed by atoms with Crippen LogP contribution in [0.1, 0.15) is 38.2 Å². The van der Waals surface area contributed by atoms with Crippen LogP contribution in [0.25, 0.3) is 0 Å². The van der Waals surface area contributed by atoms with E-state index in [4.69, 9.17) is 0 Å². The second kappa shape index (κ2) is 6.71. The van der Waals surface area contributed by atoms with Gasteiger partial charge >= 0.3 is 0 Å². The minimum absolute atomic E-state index is 0.236. The molecule has 0 radical (unpaired) electrons. The zero-order valence-corrected chi connectivity index (χ0v) is 12.0. The average molecular weight is 260 g/mol. The molecule has 1 atom stereocenters. The fraction of sp³-hybridized carbons (Fsp3) is 0.562. The highest BCUT2D eigenvalue weighted by atomic mass is 16.2. The smallest absolute Gasteiger partial charge is 0.227 e. The molecule has 1 unspecified atom stereocenters. The van der Waals surface area contributed by atoms with Crippen LogP contribution in [0.3, 0.4) is 0 Å². The third kappa shape index (κ3) is 3.80. The van der Waals surface area contributed by atoms with Gasteiger partial charge in [0, 0.05) is 24.7 Å². The molecule has 1 heterocycles. The third-order valence-corrected chi connectivity index (χ3v) is 3.83. The molecule has 0 saturated carbocycles. The number of hydrogen-bond acceptors (Lipinski definition) is 2. The summed E-state index contributed by atoms with van der Waals surface area (Å²) in [4.78, 5) is 14.2. The van der Waals surface area contributed by atoms with Gasteiger partial charge in [-0.2, -0.15) is 0 Å². The normalized spacial score (nSPS) is 18.5. The molecule has 1 aromatic rings. The van der Waals surface area contributed by atoms with Crippen LogP contribution in [-0.4, -0.2) is 25.0 Å². The molecule has 3 heteroatoms. The maximum atomic E-state index is 12.3. The number of carbonyl (C=O) groups excluding carboxylic acids is 1. The lowest BCUT2D eigenvalue weighted by atomic mass is 10.1. The first kappa shape index (κ1) is 14.1. The number of anilines is 1. The second-order valence-electron chi connectivity index (χ2n) is 5.31. The number of hydrogen-bond donors (Lipinski definition) is 1. The van der Waals surface area contributed by atoms with Gasteiger partial charge in [-0.15, -0.1) is 0 Å². The van der Waals surface area contributed by atoms with Gasteiger partial charge in [-0.1, -0.05) is 17.7 Å². The molecule has 19 heavy (non-hydrogen) atoms. The number of nitrogens with one attached hydrogen (secondary N) is 1. The van der Waals surface area contributed by atoms with Crippen molar-refractivity contribution in [1.29, 1.82) is 0 Å². The summed E-state index contributed by atoms with van der Waals surface area (Å²) in [5, 5.41) is 3.45. The molecule has 0 spiro atoms. The summed E-state index contributed by atoms with van der Waals surface area (Å²) in [5.41, 5.74) is 2.24. The van der Waals surface area contributed by atoms with Gasteiger partial charge in [-0.3, -0.25) is 4.79 Å². The standard InChI is InChI=1S/C16H24N2O/c1-3-18(15-9-6-13(2)7-10-15)16(19)11-8-14-5-4-12-17-14/h6-7,9-10,14,17H,3-5,8,11-12H2,1-2H3. The number of nitrogens with zero attached hydrogens (tertiary/aromatic N) is 1. The van der Waals surface area contributed by atoms with Crippen molar-refractivity contribution in [2.45, 2.75) is 45.6 Å². The first-order valence-corrected chi connectivity index (χ1v) is 7.31. The summed E-state index contributed by atoms with van der Waals surface area (Å²) in [6, 6.07) is 8.73. The van der Waals surface area contributed by atoms with Crippen LogP contribution >= 0.6 is 0 Å². The van der Waals surface area contributed by atoms with Gasteiger partial charge in [0.05, 0.1) is 0 Å². The second-order valence-corrected chi connectivity index (χ2v) is 5.31. The van der Waals surface area contributed by atoms with Crippen LogP contribution in [0.15, 0.2) is 24.3 Å². The number of amides is 1. The van der Waals surface area contributed by atoms with E-state index in [-0.39, 0.29) is 5.91 Å². The van der Waals surface area contributed by atoms with E-state index < -0.39 is 0 Å². The summed E-state index contributed by atoms with van der Waals surface area (Å²) in [7, 11) is 0. The van der Waals surface area contributed by atoms with Crippen molar-refractivity contribution >= 4 is 11.6 Å². The molecular weight excluding hydrogens is 236 g/mol. The Kier molecular flexibility index (Phi) is 4.97. The molecule has 0 aromatic heterocycles. The molecular formula is C16H24N2O. The Morgan fingerprint density at radius 2 is 2.11 bits per heavy atom. The van der Waals surface area contributed by atoms with E-state index in [2.05, 4.69) is 24.4 Å². The predicted molar refractivity (Wildman–Crippen MR) is 79.5 cm³/mol. The van der Waals surface area contributed by atoms with E-state index in [9.17, 15) is 4.79 Å². The summed E-state index contributed by atoms with van der Waals surface area (Å²) >= 11 is 0. The zero-order valence-electron chi connectivity index (χ0n) is 12.0. The minimum atomic E-state index is 0.236. The van der Waals surface area contributed by atoms with Gasteiger partial charge in [0.1, 0.15) is 0 Å². The Bertz CT molecular complexity index is 407. The lowest BCUT2D eigenvalue weighted by Gasteiger charge is -2.22. The number of benzene rings is 1. The van der Waals surface area contributed by atoms with Crippen LogP contribution in [0, 0.1) is 6.92 Å². The monoisotopic (exact) mass is 260 g/mol. The van der Waals surface area contributed by atoms with Crippen LogP contribution in [-0.2, 0) is 4.79 Å². The number of aryl methyl sites for hydroxylation is 1.